The van der Waals surface area contributed by atoms with Crippen molar-refractivity contribution in [3.63, 3.8) is 0 Å². The average Bonchev–Trinajstić information content (AvgIpc) is 2.86. The van der Waals surface area contributed by atoms with Gasteiger partial charge in [-0.25, -0.2) is 0 Å². The van der Waals surface area contributed by atoms with Gasteiger partial charge < -0.3 is 10.1 Å². The quantitative estimate of drug-likeness (QED) is 0.640. The van der Waals surface area contributed by atoms with Crippen LogP contribution in [0.4, 0.5) is 11.4 Å². The summed E-state index contributed by atoms with van der Waals surface area (Å²) in [5.74, 6) is 0.334. The number of hydrogen-bond acceptors (Lipinski definition) is 5. The average molecular weight is 296 g/mol. The summed E-state index contributed by atoms with van der Waals surface area (Å²) in [5, 5.41) is 15.0. The van der Waals surface area contributed by atoms with E-state index in [0.717, 1.165) is 12.1 Å². The van der Waals surface area contributed by atoms with Crippen LogP contribution < -0.4 is 10.1 Å². The van der Waals surface area contributed by atoms with Crippen molar-refractivity contribution in [3.05, 3.63) is 28.3 Å². The number of anilines is 1. The summed E-state index contributed by atoms with van der Waals surface area (Å²) in [4.78, 5) is 10.5. The van der Waals surface area contributed by atoms with E-state index in [-0.39, 0.29) is 5.69 Å². The van der Waals surface area contributed by atoms with E-state index in [1.54, 1.807) is 12.1 Å². The lowest BCUT2D eigenvalue weighted by Crippen LogP contribution is -2.25. The van der Waals surface area contributed by atoms with E-state index in [2.05, 4.69) is 11.6 Å². The number of benzene rings is 1. The molecule has 1 N–H and O–H groups in total. The number of rotatable bonds is 6. The zero-order valence-corrected chi connectivity index (χ0v) is 12.6. The van der Waals surface area contributed by atoms with Crippen molar-refractivity contribution in [2.24, 2.45) is 0 Å². The molecule has 0 aromatic heterocycles. The Morgan fingerprint density at radius 1 is 1.50 bits per heavy atom. The van der Waals surface area contributed by atoms with Gasteiger partial charge in [0.1, 0.15) is 0 Å². The number of nitro groups is 1. The molecule has 0 bridgehead atoms. The molecule has 0 aliphatic heterocycles. The Bertz CT molecular complexity index is 481. The van der Waals surface area contributed by atoms with E-state index >= 15 is 0 Å². The van der Waals surface area contributed by atoms with Crippen LogP contribution in [-0.2, 0) is 0 Å². The normalized spacial score (nSPS) is 21.7. The van der Waals surface area contributed by atoms with E-state index in [0.29, 0.717) is 23.6 Å². The molecule has 0 spiro atoms. The first-order valence-corrected chi connectivity index (χ1v) is 8.15. The molecule has 1 aliphatic carbocycles. The number of thioether (sulfide) groups is 1. The van der Waals surface area contributed by atoms with Gasteiger partial charge in [0.05, 0.1) is 11.5 Å². The fourth-order valence-electron chi connectivity index (χ4n) is 2.61. The Kier molecular flexibility index (Phi) is 5.11. The van der Waals surface area contributed by atoms with Crippen LogP contribution in [0.25, 0.3) is 0 Å². The first kappa shape index (κ1) is 15.0. The number of nitro benzene ring substituents is 1. The summed E-state index contributed by atoms with van der Waals surface area (Å²) in [6.07, 6.45) is 5.73. The second kappa shape index (κ2) is 6.83. The third-order valence-electron chi connectivity index (χ3n) is 3.56. The fourth-order valence-corrected chi connectivity index (χ4v) is 3.55. The minimum atomic E-state index is -0.408. The van der Waals surface area contributed by atoms with Gasteiger partial charge in [0.15, 0.2) is 5.75 Å². The molecular formula is C14H20N2O3S. The van der Waals surface area contributed by atoms with Gasteiger partial charge in [-0.1, -0.05) is 6.42 Å². The molecule has 0 amide bonds. The van der Waals surface area contributed by atoms with E-state index in [4.69, 9.17) is 4.74 Å². The standard InChI is InChI=1S/C14H20N2O3S/c1-3-19-13-9-10(7-8-12(13)16(17)18)15-11-5-4-6-14(11)20-2/h7-9,11,14-15H,3-6H2,1-2H3. The van der Waals surface area contributed by atoms with Gasteiger partial charge in [-0.3, -0.25) is 10.1 Å². The topological polar surface area (TPSA) is 64.4 Å². The summed E-state index contributed by atoms with van der Waals surface area (Å²) >= 11 is 1.88. The van der Waals surface area contributed by atoms with Gasteiger partial charge in [0.2, 0.25) is 0 Å². The van der Waals surface area contributed by atoms with Crippen LogP contribution in [0.2, 0.25) is 0 Å². The van der Waals surface area contributed by atoms with Crippen molar-refractivity contribution >= 4 is 23.1 Å². The van der Waals surface area contributed by atoms with Crippen LogP contribution in [0.1, 0.15) is 26.2 Å². The second-order valence-corrected chi connectivity index (χ2v) is 5.91. The highest BCUT2D eigenvalue weighted by Gasteiger charge is 2.26. The Hall–Kier alpha value is -1.43. The molecular weight excluding hydrogens is 276 g/mol. The Morgan fingerprint density at radius 2 is 2.30 bits per heavy atom. The smallest absolute Gasteiger partial charge is 0.311 e. The molecule has 0 heterocycles. The van der Waals surface area contributed by atoms with Crippen molar-refractivity contribution in [1.29, 1.82) is 0 Å². The minimum absolute atomic E-state index is 0.0187. The lowest BCUT2D eigenvalue weighted by Gasteiger charge is -2.20. The lowest BCUT2D eigenvalue weighted by molar-refractivity contribution is -0.385. The summed E-state index contributed by atoms with van der Waals surface area (Å²) < 4.78 is 5.37. The molecule has 6 heteroatoms. The third-order valence-corrected chi connectivity index (χ3v) is 4.73. The first-order valence-electron chi connectivity index (χ1n) is 6.86. The van der Waals surface area contributed by atoms with E-state index in [1.165, 1.54) is 18.9 Å². The molecule has 2 unspecified atom stereocenters. The molecule has 1 aliphatic rings. The zero-order chi connectivity index (χ0) is 14.5. The molecule has 2 atom stereocenters. The van der Waals surface area contributed by atoms with Crippen LogP contribution in [0.3, 0.4) is 0 Å². The zero-order valence-electron chi connectivity index (χ0n) is 11.8. The van der Waals surface area contributed by atoms with Gasteiger partial charge in [-0.2, -0.15) is 11.8 Å². The summed E-state index contributed by atoms with van der Waals surface area (Å²) in [6, 6.07) is 5.44. The van der Waals surface area contributed by atoms with Gasteiger partial charge >= 0.3 is 5.69 Å². The number of nitrogens with zero attached hydrogens (tertiary/aromatic N) is 1. The SMILES string of the molecule is CCOc1cc(NC2CCCC2SC)ccc1[N+](=O)[O-]. The molecule has 110 valence electrons. The molecule has 0 radical (unpaired) electrons. The highest BCUT2D eigenvalue weighted by atomic mass is 32.2. The van der Waals surface area contributed by atoms with Crippen molar-refractivity contribution in [2.75, 3.05) is 18.2 Å². The number of hydrogen-bond donors (Lipinski definition) is 1. The maximum atomic E-state index is 11.0. The third kappa shape index (κ3) is 3.36. The fraction of sp³-hybridized carbons (Fsp3) is 0.571. The van der Waals surface area contributed by atoms with Gasteiger partial charge in [-0.15, -0.1) is 0 Å². The molecule has 1 aromatic rings. The van der Waals surface area contributed by atoms with E-state index < -0.39 is 4.92 Å². The minimum Gasteiger partial charge on any atom is -0.487 e. The van der Waals surface area contributed by atoms with Crippen molar-refractivity contribution in [3.8, 4) is 5.75 Å². The van der Waals surface area contributed by atoms with Gasteiger partial charge in [0, 0.05) is 29.1 Å². The van der Waals surface area contributed by atoms with Crippen LogP contribution in [0.15, 0.2) is 18.2 Å². The van der Waals surface area contributed by atoms with E-state index in [9.17, 15) is 10.1 Å². The van der Waals surface area contributed by atoms with Crippen LogP contribution in [0, 0.1) is 10.1 Å². The number of nitrogens with one attached hydrogen (secondary N) is 1. The number of ether oxygens (including phenoxy) is 1. The molecule has 1 saturated carbocycles. The predicted octanol–water partition coefficient (Wildman–Crippen LogP) is 3.69. The largest absolute Gasteiger partial charge is 0.487 e. The molecule has 1 aromatic carbocycles. The van der Waals surface area contributed by atoms with Gasteiger partial charge in [-0.05, 0) is 32.1 Å². The predicted molar refractivity (Wildman–Crippen MR) is 82.8 cm³/mol. The Balaban J connectivity index is 2.16. The van der Waals surface area contributed by atoms with Crippen LogP contribution >= 0.6 is 11.8 Å². The Labute approximate surface area is 123 Å². The van der Waals surface area contributed by atoms with Crippen LogP contribution in [0.5, 0.6) is 5.75 Å². The summed E-state index contributed by atoms with van der Waals surface area (Å²) in [5.41, 5.74) is 0.912. The molecule has 1 fully saturated rings. The van der Waals surface area contributed by atoms with Gasteiger partial charge in [0.25, 0.3) is 0 Å². The lowest BCUT2D eigenvalue weighted by atomic mass is 10.2. The first-order chi connectivity index (χ1) is 9.65. The Morgan fingerprint density at radius 3 is 2.95 bits per heavy atom. The highest BCUT2D eigenvalue weighted by molar-refractivity contribution is 7.99. The van der Waals surface area contributed by atoms with Crippen molar-refractivity contribution < 1.29 is 9.66 Å². The monoisotopic (exact) mass is 296 g/mol. The molecule has 0 saturated heterocycles. The van der Waals surface area contributed by atoms with E-state index in [1.807, 2.05) is 18.7 Å². The highest BCUT2D eigenvalue weighted by Crippen LogP contribution is 2.34. The van der Waals surface area contributed by atoms with Crippen molar-refractivity contribution in [1.82, 2.24) is 0 Å². The molecule has 20 heavy (non-hydrogen) atoms. The molecule has 2 rings (SSSR count). The summed E-state index contributed by atoms with van der Waals surface area (Å²) in [7, 11) is 0. The second-order valence-electron chi connectivity index (χ2n) is 4.83. The maximum Gasteiger partial charge on any atom is 0.311 e. The van der Waals surface area contributed by atoms with Crippen molar-refractivity contribution in [2.45, 2.75) is 37.5 Å². The molecule has 5 nitrogen and oxygen atoms in total. The maximum absolute atomic E-state index is 11.0. The summed E-state index contributed by atoms with van der Waals surface area (Å²) in [6.45, 7) is 2.24. The van der Waals surface area contributed by atoms with Crippen LogP contribution in [-0.4, -0.2) is 29.1 Å².